The van der Waals surface area contributed by atoms with E-state index < -0.39 is 0 Å². The van der Waals surface area contributed by atoms with Gasteiger partial charge in [0.2, 0.25) is 0 Å². The molecule has 0 N–H and O–H groups in total. The van der Waals surface area contributed by atoms with E-state index in [2.05, 4.69) is 0 Å². The molecule has 14 heavy (non-hydrogen) atoms. The average Bonchev–Trinajstić information content (AvgIpc) is 2.49. The van der Waals surface area contributed by atoms with E-state index in [-0.39, 0.29) is 12.4 Å². The van der Waals surface area contributed by atoms with Crippen LogP contribution in [0.25, 0.3) is 0 Å². The van der Waals surface area contributed by atoms with Crippen molar-refractivity contribution in [3.05, 3.63) is 24.0 Å². The third-order valence-electron chi connectivity index (χ3n) is 2.66. The van der Waals surface area contributed by atoms with E-state index in [0.29, 0.717) is 6.10 Å². The quantitative estimate of drug-likeness (QED) is 0.682. The minimum absolute atomic E-state index is 0.0810. The number of carbonyl (C=O) groups is 1. The molecule has 76 valence electrons. The van der Waals surface area contributed by atoms with Gasteiger partial charge in [-0.3, -0.25) is 4.79 Å². The van der Waals surface area contributed by atoms with Crippen molar-refractivity contribution < 1.29 is 9.53 Å². The van der Waals surface area contributed by atoms with Crippen LogP contribution in [-0.4, -0.2) is 23.1 Å². The van der Waals surface area contributed by atoms with Crippen molar-refractivity contribution in [1.82, 2.24) is 4.57 Å². The molecule has 0 atom stereocenters. The van der Waals surface area contributed by atoms with Crippen LogP contribution in [0.5, 0.6) is 0 Å². The van der Waals surface area contributed by atoms with Crippen LogP contribution in [0.15, 0.2) is 18.5 Å². The SMILES string of the molecule is Cn1ccc(C(=O)COC2CCC2)c1. The molecule has 0 bridgehead atoms. The number of Topliss-reactive ketones (excluding diaryl/α,β-unsaturated/α-hetero) is 1. The van der Waals surface area contributed by atoms with Crippen LogP contribution in [0.3, 0.4) is 0 Å². The number of ether oxygens (including phenoxy) is 1. The molecular formula is C11H15NO2. The Morgan fingerprint density at radius 2 is 2.43 bits per heavy atom. The van der Waals surface area contributed by atoms with E-state index in [0.717, 1.165) is 18.4 Å². The highest BCUT2D eigenvalue weighted by atomic mass is 16.5. The first-order valence-electron chi connectivity index (χ1n) is 5.02. The lowest BCUT2D eigenvalue weighted by Crippen LogP contribution is -2.24. The number of hydrogen-bond acceptors (Lipinski definition) is 2. The Morgan fingerprint density at radius 1 is 1.64 bits per heavy atom. The van der Waals surface area contributed by atoms with E-state index in [1.807, 2.05) is 30.1 Å². The third kappa shape index (κ3) is 2.04. The van der Waals surface area contributed by atoms with Crippen molar-refractivity contribution in [1.29, 1.82) is 0 Å². The van der Waals surface area contributed by atoms with Gasteiger partial charge in [-0.25, -0.2) is 0 Å². The second-order valence-electron chi connectivity index (χ2n) is 3.85. The number of ketones is 1. The van der Waals surface area contributed by atoms with E-state index in [4.69, 9.17) is 4.74 Å². The minimum atomic E-state index is 0.0810. The van der Waals surface area contributed by atoms with Gasteiger partial charge in [0, 0.05) is 25.0 Å². The number of hydrogen-bond donors (Lipinski definition) is 0. The Bertz CT molecular complexity index is 326. The maximum atomic E-state index is 11.6. The summed E-state index contributed by atoms with van der Waals surface area (Å²) in [5.74, 6) is 0.0810. The van der Waals surface area contributed by atoms with Crippen LogP contribution in [0.2, 0.25) is 0 Å². The fourth-order valence-electron chi connectivity index (χ4n) is 1.48. The average molecular weight is 193 g/mol. The normalized spacial score (nSPS) is 16.6. The second kappa shape index (κ2) is 3.96. The van der Waals surface area contributed by atoms with Gasteiger partial charge in [-0.1, -0.05) is 0 Å². The highest BCUT2D eigenvalue weighted by Crippen LogP contribution is 2.21. The summed E-state index contributed by atoms with van der Waals surface area (Å²) >= 11 is 0. The van der Waals surface area contributed by atoms with Crippen LogP contribution in [0, 0.1) is 0 Å². The lowest BCUT2D eigenvalue weighted by atomic mass is 9.96. The van der Waals surface area contributed by atoms with Crippen molar-refractivity contribution in [3.8, 4) is 0 Å². The smallest absolute Gasteiger partial charge is 0.189 e. The molecule has 1 aromatic heterocycles. The standard InChI is InChI=1S/C11H15NO2/c1-12-6-5-9(7-12)11(13)8-14-10-3-2-4-10/h5-7,10H,2-4,8H2,1H3. The van der Waals surface area contributed by atoms with Gasteiger partial charge >= 0.3 is 0 Å². The molecule has 0 aromatic carbocycles. The molecule has 1 heterocycles. The molecule has 1 aliphatic rings. The Balaban J connectivity index is 1.82. The number of aryl methyl sites for hydroxylation is 1. The molecule has 0 unspecified atom stereocenters. The summed E-state index contributed by atoms with van der Waals surface area (Å²) in [6, 6.07) is 1.83. The Labute approximate surface area is 83.7 Å². The lowest BCUT2D eigenvalue weighted by molar-refractivity contribution is 0.00731. The molecular weight excluding hydrogens is 178 g/mol. The highest BCUT2D eigenvalue weighted by molar-refractivity contribution is 5.96. The zero-order valence-corrected chi connectivity index (χ0v) is 8.40. The van der Waals surface area contributed by atoms with Gasteiger partial charge in [-0.2, -0.15) is 0 Å². The van der Waals surface area contributed by atoms with Gasteiger partial charge in [-0.05, 0) is 25.3 Å². The van der Waals surface area contributed by atoms with Gasteiger partial charge in [0.25, 0.3) is 0 Å². The molecule has 1 fully saturated rings. The summed E-state index contributed by atoms with van der Waals surface area (Å²) in [6.07, 6.45) is 7.50. The summed E-state index contributed by atoms with van der Waals surface area (Å²) in [4.78, 5) is 11.6. The summed E-state index contributed by atoms with van der Waals surface area (Å²) in [5, 5.41) is 0. The van der Waals surface area contributed by atoms with Crippen molar-refractivity contribution in [2.24, 2.45) is 7.05 Å². The number of carbonyl (C=O) groups excluding carboxylic acids is 1. The molecule has 1 saturated carbocycles. The molecule has 2 rings (SSSR count). The van der Waals surface area contributed by atoms with Crippen molar-refractivity contribution in [2.75, 3.05) is 6.61 Å². The van der Waals surface area contributed by atoms with Gasteiger partial charge < -0.3 is 9.30 Å². The summed E-state index contributed by atoms with van der Waals surface area (Å²) in [5.41, 5.74) is 0.742. The first-order chi connectivity index (χ1) is 6.75. The predicted molar refractivity (Wildman–Crippen MR) is 53.3 cm³/mol. The van der Waals surface area contributed by atoms with Crippen LogP contribution in [0.1, 0.15) is 29.6 Å². The molecule has 0 saturated heterocycles. The van der Waals surface area contributed by atoms with E-state index in [1.165, 1.54) is 6.42 Å². The summed E-state index contributed by atoms with van der Waals surface area (Å²) < 4.78 is 7.32. The molecule has 0 aliphatic heterocycles. The zero-order chi connectivity index (χ0) is 9.97. The zero-order valence-electron chi connectivity index (χ0n) is 8.40. The molecule has 1 aromatic rings. The highest BCUT2D eigenvalue weighted by Gasteiger charge is 2.19. The summed E-state index contributed by atoms with van der Waals surface area (Å²) in [6.45, 7) is 0.231. The maximum absolute atomic E-state index is 11.6. The van der Waals surface area contributed by atoms with Gasteiger partial charge in [-0.15, -0.1) is 0 Å². The number of aromatic nitrogens is 1. The minimum Gasteiger partial charge on any atom is -0.370 e. The Hall–Kier alpha value is -1.09. The molecule has 0 spiro atoms. The molecule has 0 radical (unpaired) electrons. The topological polar surface area (TPSA) is 31.2 Å². The van der Waals surface area contributed by atoms with Crippen LogP contribution < -0.4 is 0 Å². The first kappa shape index (κ1) is 9.46. The second-order valence-corrected chi connectivity index (χ2v) is 3.85. The maximum Gasteiger partial charge on any atom is 0.189 e. The van der Waals surface area contributed by atoms with Crippen molar-refractivity contribution in [2.45, 2.75) is 25.4 Å². The van der Waals surface area contributed by atoms with E-state index >= 15 is 0 Å². The van der Waals surface area contributed by atoms with Gasteiger partial charge in [0.1, 0.15) is 6.61 Å². The fraction of sp³-hybridized carbons (Fsp3) is 0.545. The summed E-state index contributed by atoms with van der Waals surface area (Å²) in [7, 11) is 1.91. The lowest BCUT2D eigenvalue weighted by Gasteiger charge is -2.24. The first-order valence-corrected chi connectivity index (χ1v) is 5.02. The third-order valence-corrected chi connectivity index (χ3v) is 2.66. The van der Waals surface area contributed by atoms with Crippen molar-refractivity contribution in [3.63, 3.8) is 0 Å². The fourth-order valence-corrected chi connectivity index (χ4v) is 1.48. The van der Waals surface area contributed by atoms with Crippen LogP contribution >= 0.6 is 0 Å². The van der Waals surface area contributed by atoms with Crippen molar-refractivity contribution >= 4 is 5.78 Å². The largest absolute Gasteiger partial charge is 0.370 e. The Kier molecular flexibility index (Phi) is 2.68. The predicted octanol–water partition coefficient (Wildman–Crippen LogP) is 1.78. The van der Waals surface area contributed by atoms with Gasteiger partial charge in [0.05, 0.1) is 6.10 Å². The van der Waals surface area contributed by atoms with Crippen LogP contribution in [-0.2, 0) is 11.8 Å². The molecule has 3 heteroatoms. The molecule has 1 aliphatic carbocycles. The molecule has 3 nitrogen and oxygen atoms in total. The number of rotatable bonds is 4. The monoisotopic (exact) mass is 193 g/mol. The Morgan fingerprint density at radius 3 is 2.93 bits per heavy atom. The molecule has 0 amide bonds. The van der Waals surface area contributed by atoms with Gasteiger partial charge in [0.15, 0.2) is 5.78 Å². The number of nitrogens with zero attached hydrogens (tertiary/aromatic N) is 1. The van der Waals surface area contributed by atoms with E-state index in [9.17, 15) is 4.79 Å². The van der Waals surface area contributed by atoms with E-state index in [1.54, 1.807) is 0 Å². The van der Waals surface area contributed by atoms with Crippen LogP contribution in [0.4, 0.5) is 0 Å².